The Balaban J connectivity index is 2.37. The van der Waals surface area contributed by atoms with Crippen LogP contribution in [-0.4, -0.2) is 34.3 Å². The third kappa shape index (κ3) is 4.86. The zero-order valence-electron chi connectivity index (χ0n) is 10.5. The van der Waals surface area contributed by atoms with Gasteiger partial charge in [-0.05, 0) is 20.3 Å². The maximum absolute atomic E-state index is 11.4. The van der Waals surface area contributed by atoms with Gasteiger partial charge in [0.2, 0.25) is 5.95 Å². The summed E-state index contributed by atoms with van der Waals surface area (Å²) in [6.07, 6.45) is 2.00. The fourth-order valence-corrected chi connectivity index (χ4v) is 1.08. The van der Waals surface area contributed by atoms with Gasteiger partial charge in [-0.2, -0.15) is 5.10 Å². The van der Waals surface area contributed by atoms with Crippen molar-refractivity contribution in [2.75, 3.05) is 18.5 Å². The van der Waals surface area contributed by atoms with E-state index in [1.807, 2.05) is 13.8 Å². The summed E-state index contributed by atoms with van der Waals surface area (Å²) >= 11 is 0. The van der Waals surface area contributed by atoms with Crippen LogP contribution in [0.25, 0.3) is 0 Å². The molecule has 0 unspecified atom stereocenters. The van der Waals surface area contributed by atoms with Crippen molar-refractivity contribution in [2.45, 2.75) is 33.6 Å². The molecule has 1 N–H and O–H groups in total. The van der Waals surface area contributed by atoms with Gasteiger partial charge in [-0.15, -0.1) is 5.10 Å². The lowest BCUT2D eigenvalue weighted by Crippen LogP contribution is -2.20. The molecule has 1 aromatic heterocycles. The standard InChI is InChI=1S/C11H18N4O2/c1-4-5-6-17-7-10(16)13-11-12-8(2)9(3)14-15-11/h4-7H2,1-3H3,(H,12,13,15,16). The van der Waals surface area contributed by atoms with E-state index in [1.54, 1.807) is 0 Å². The van der Waals surface area contributed by atoms with E-state index in [4.69, 9.17) is 4.74 Å². The van der Waals surface area contributed by atoms with Crippen LogP contribution in [0.2, 0.25) is 0 Å². The van der Waals surface area contributed by atoms with E-state index in [-0.39, 0.29) is 18.5 Å². The molecule has 0 aliphatic rings. The summed E-state index contributed by atoms with van der Waals surface area (Å²) in [5, 5.41) is 10.2. The van der Waals surface area contributed by atoms with E-state index >= 15 is 0 Å². The number of aromatic nitrogens is 3. The van der Waals surface area contributed by atoms with Gasteiger partial charge in [-0.1, -0.05) is 13.3 Å². The highest BCUT2D eigenvalue weighted by Gasteiger charge is 2.06. The van der Waals surface area contributed by atoms with Crippen molar-refractivity contribution >= 4 is 11.9 Å². The number of ether oxygens (including phenoxy) is 1. The third-order valence-corrected chi connectivity index (χ3v) is 2.22. The molecule has 0 saturated heterocycles. The van der Waals surface area contributed by atoms with E-state index in [9.17, 15) is 4.79 Å². The van der Waals surface area contributed by atoms with Crippen LogP contribution < -0.4 is 5.32 Å². The number of hydrogen-bond donors (Lipinski definition) is 1. The van der Waals surface area contributed by atoms with E-state index < -0.39 is 0 Å². The van der Waals surface area contributed by atoms with Gasteiger partial charge in [0.05, 0.1) is 11.4 Å². The molecule has 0 radical (unpaired) electrons. The number of rotatable bonds is 6. The molecule has 1 aromatic rings. The zero-order valence-corrected chi connectivity index (χ0v) is 10.5. The van der Waals surface area contributed by atoms with E-state index in [0.29, 0.717) is 6.61 Å². The van der Waals surface area contributed by atoms with Crippen molar-refractivity contribution in [1.82, 2.24) is 15.2 Å². The highest BCUT2D eigenvalue weighted by Crippen LogP contribution is 2.01. The quantitative estimate of drug-likeness (QED) is 0.754. The SMILES string of the molecule is CCCCOCC(=O)Nc1nnc(C)c(C)n1. The second-order valence-corrected chi connectivity index (χ2v) is 3.76. The van der Waals surface area contributed by atoms with Crippen molar-refractivity contribution in [1.29, 1.82) is 0 Å². The Morgan fingerprint density at radius 3 is 2.71 bits per heavy atom. The lowest BCUT2D eigenvalue weighted by atomic mass is 10.4. The minimum atomic E-state index is -0.258. The average molecular weight is 238 g/mol. The number of hydrogen-bond acceptors (Lipinski definition) is 5. The van der Waals surface area contributed by atoms with Gasteiger partial charge in [0.25, 0.3) is 5.91 Å². The van der Waals surface area contributed by atoms with Gasteiger partial charge < -0.3 is 4.74 Å². The van der Waals surface area contributed by atoms with Gasteiger partial charge in [-0.25, -0.2) is 4.98 Å². The first-order chi connectivity index (χ1) is 8.13. The van der Waals surface area contributed by atoms with E-state index in [1.165, 1.54) is 0 Å². The molecular weight excluding hydrogens is 220 g/mol. The molecule has 17 heavy (non-hydrogen) atoms. The van der Waals surface area contributed by atoms with Gasteiger partial charge >= 0.3 is 0 Å². The molecule has 0 bridgehead atoms. The largest absolute Gasteiger partial charge is 0.372 e. The van der Waals surface area contributed by atoms with Crippen LogP contribution >= 0.6 is 0 Å². The maximum Gasteiger partial charge on any atom is 0.252 e. The summed E-state index contributed by atoms with van der Waals surface area (Å²) in [6, 6.07) is 0. The Bertz CT molecular complexity index is 382. The normalized spacial score (nSPS) is 10.3. The van der Waals surface area contributed by atoms with Crippen LogP contribution in [0.3, 0.4) is 0 Å². The first-order valence-corrected chi connectivity index (χ1v) is 5.69. The number of unbranched alkanes of at least 4 members (excludes halogenated alkanes) is 1. The van der Waals surface area contributed by atoms with Crippen molar-refractivity contribution in [3.05, 3.63) is 11.4 Å². The second-order valence-electron chi connectivity index (χ2n) is 3.76. The molecule has 0 atom stereocenters. The third-order valence-electron chi connectivity index (χ3n) is 2.22. The minimum Gasteiger partial charge on any atom is -0.372 e. The Hall–Kier alpha value is -1.56. The molecule has 1 heterocycles. The number of aryl methyl sites for hydroxylation is 2. The first kappa shape index (κ1) is 13.5. The number of nitrogens with one attached hydrogen (secondary N) is 1. The molecule has 0 aromatic carbocycles. The predicted octanol–water partition coefficient (Wildman–Crippen LogP) is 1.24. The van der Waals surface area contributed by atoms with Gasteiger partial charge in [-0.3, -0.25) is 10.1 Å². The lowest BCUT2D eigenvalue weighted by Gasteiger charge is -2.05. The Morgan fingerprint density at radius 1 is 1.29 bits per heavy atom. The first-order valence-electron chi connectivity index (χ1n) is 5.69. The molecular formula is C11H18N4O2. The van der Waals surface area contributed by atoms with E-state index in [2.05, 4.69) is 27.4 Å². The van der Waals surface area contributed by atoms with Crippen molar-refractivity contribution in [2.24, 2.45) is 0 Å². The number of amides is 1. The Labute approximate surface area is 101 Å². The summed E-state index contributed by atoms with van der Waals surface area (Å²) < 4.78 is 5.17. The Kier molecular flexibility index (Phi) is 5.48. The average Bonchev–Trinajstić information content (AvgIpc) is 2.30. The van der Waals surface area contributed by atoms with Gasteiger partial charge in [0.1, 0.15) is 6.61 Å². The van der Waals surface area contributed by atoms with Crippen LogP contribution in [0.5, 0.6) is 0 Å². The number of anilines is 1. The lowest BCUT2D eigenvalue weighted by molar-refractivity contribution is -0.120. The van der Waals surface area contributed by atoms with Crippen LogP contribution in [0, 0.1) is 13.8 Å². The molecule has 1 amide bonds. The topological polar surface area (TPSA) is 77.0 Å². The fourth-order valence-electron chi connectivity index (χ4n) is 1.08. The molecule has 0 spiro atoms. The van der Waals surface area contributed by atoms with E-state index in [0.717, 1.165) is 24.2 Å². The smallest absolute Gasteiger partial charge is 0.252 e. The molecule has 94 valence electrons. The molecule has 0 fully saturated rings. The molecule has 6 nitrogen and oxygen atoms in total. The number of carbonyl (C=O) groups is 1. The van der Waals surface area contributed by atoms with Crippen LogP contribution in [0.1, 0.15) is 31.2 Å². The van der Waals surface area contributed by atoms with Crippen molar-refractivity contribution < 1.29 is 9.53 Å². The van der Waals surface area contributed by atoms with Crippen LogP contribution in [0.15, 0.2) is 0 Å². The van der Waals surface area contributed by atoms with Crippen molar-refractivity contribution in [3.8, 4) is 0 Å². The molecule has 0 saturated carbocycles. The Morgan fingerprint density at radius 2 is 2.06 bits per heavy atom. The maximum atomic E-state index is 11.4. The summed E-state index contributed by atoms with van der Waals surface area (Å²) in [5.74, 6) is -0.0386. The molecule has 0 aliphatic heterocycles. The number of nitrogens with zero attached hydrogens (tertiary/aromatic N) is 3. The highest BCUT2D eigenvalue weighted by molar-refractivity contribution is 5.89. The highest BCUT2D eigenvalue weighted by atomic mass is 16.5. The zero-order chi connectivity index (χ0) is 12.7. The van der Waals surface area contributed by atoms with Crippen LogP contribution in [0.4, 0.5) is 5.95 Å². The summed E-state index contributed by atoms with van der Waals surface area (Å²) in [6.45, 7) is 6.32. The fraction of sp³-hybridized carbons (Fsp3) is 0.636. The molecule has 6 heteroatoms. The summed E-state index contributed by atoms with van der Waals surface area (Å²) in [4.78, 5) is 15.5. The number of carbonyl (C=O) groups excluding carboxylic acids is 1. The predicted molar refractivity (Wildman–Crippen MR) is 63.7 cm³/mol. The molecule has 1 rings (SSSR count). The minimum absolute atomic E-state index is 0.0241. The van der Waals surface area contributed by atoms with Crippen LogP contribution in [-0.2, 0) is 9.53 Å². The van der Waals surface area contributed by atoms with Gasteiger partial charge in [0.15, 0.2) is 0 Å². The monoisotopic (exact) mass is 238 g/mol. The summed E-state index contributed by atoms with van der Waals surface area (Å²) in [5.41, 5.74) is 1.50. The molecule has 0 aliphatic carbocycles. The second kappa shape index (κ2) is 6.90. The van der Waals surface area contributed by atoms with Gasteiger partial charge in [0, 0.05) is 6.61 Å². The van der Waals surface area contributed by atoms with Crippen molar-refractivity contribution in [3.63, 3.8) is 0 Å². The summed E-state index contributed by atoms with van der Waals surface area (Å²) in [7, 11) is 0.